The Morgan fingerprint density at radius 1 is 0.345 bits per heavy atom. The van der Waals surface area contributed by atoms with Crippen LogP contribution >= 0.6 is 0 Å². The topological polar surface area (TPSA) is 78.9 Å². The van der Waals surface area contributed by atoms with Crippen molar-refractivity contribution in [2.24, 2.45) is 0 Å². The van der Waals surface area contributed by atoms with Gasteiger partial charge in [-0.05, 0) is 44.9 Å². The molecule has 0 spiro atoms. The zero-order valence-corrected chi connectivity index (χ0v) is 37.0. The fraction of sp³-hybridized carbons (Fsp3) is 0.898. The maximum Gasteiger partial charge on any atom is 0.306 e. The lowest BCUT2D eigenvalue weighted by atomic mass is 10.0. The van der Waals surface area contributed by atoms with E-state index < -0.39 is 6.10 Å². The maximum absolute atomic E-state index is 12.7. The van der Waals surface area contributed by atoms with Crippen LogP contribution in [0.3, 0.4) is 0 Å². The molecular weight excluding hydrogens is 685 g/mol. The largest absolute Gasteiger partial charge is 0.462 e. The smallest absolute Gasteiger partial charge is 0.306 e. The lowest BCUT2D eigenvalue weighted by molar-refractivity contribution is -0.167. The molecule has 6 heteroatoms. The number of allylic oxidation sites excluding steroid dienone is 2. The van der Waals surface area contributed by atoms with Crippen molar-refractivity contribution in [2.75, 3.05) is 13.2 Å². The normalized spacial score (nSPS) is 12.0. The first-order valence-electron chi connectivity index (χ1n) is 24.2. The second-order valence-electron chi connectivity index (χ2n) is 16.4. The van der Waals surface area contributed by atoms with E-state index in [9.17, 15) is 14.4 Å². The number of hydrogen-bond donors (Lipinski definition) is 0. The molecule has 324 valence electrons. The molecular formula is C49H92O6. The molecule has 0 N–H and O–H groups in total. The third-order valence-electron chi connectivity index (χ3n) is 10.8. The fourth-order valence-electron chi connectivity index (χ4n) is 7.08. The first-order valence-corrected chi connectivity index (χ1v) is 24.2. The highest BCUT2D eigenvalue weighted by molar-refractivity contribution is 5.71. The van der Waals surface area contributed by atoms with Gasteiger partial charge in [-0.15, -0.1) is 0 Å². The van der Waals surface area contributed by atoms with Gasteiger partial charge < -0.3 is 14.2 Å². The minimum absolute atomic E-state index is 0.0678. The van der Waals surface area contributed by atoms with Crippen molar-refractivity contribution < 1.29 is 28.6 Å². The first kappa shape index (κ1) is 53.1. The van der Waals surface area contributed by atoms with Gasteiger partial charge in [0.1, 0.15) is 13.2 Å². The molecule has 0 fully saturated rings. The van der Waals surface area contributed by atoms with Crippen LogP contribution in [0.2, 0.25) is 0 Å². The summed E-state index contributed by atoms with van der Waals surface area (Å²) in [7, 11) is 0. The Hall–Kier alpha value is -1.85. The van der Waals surface area contributed by atoms with Gasteiger partial charge in [0.05, 0.1) is 0 Å². The molecule has 0 radical (unpaired) electrons. The van der Waals surface area contributed by atoms with E-state index in [2.05, 4.69) is 32.9 Å². The van der Waals surface area contributed by atoms with Gasteiger partial charge in [0.2, 0.25) is 0 Å². The minimum Gasteiger partial charge on any atom is -0.462 e. The van der Waals surface area contributed by atoms with E-state index in [1.807, 2.05) is 0 Å². The first-order chi connectivity index (χ1) is 27.0. The van der Waals surface area contributed by atoms with Gasteiger partial charge >= 0.3 is 17.9 Å². The SMILES string of the molecule is CCCCCCC/C=C\CCCCCCCC(=O)OC[C@@H](COC(=O)CCCCCCCCCCCCC)OC(=O)CCCCCCCCCCCCCC. The fourth-order valence-corrected chi connectivity index (χ4v) is 7.08. The molecule has 0 aliphatic carbocycles. The number of carbonyl (C=O) groups excluding carboxylic acids is 3. The lowest BCUT2D eigenvalue weighted by Crippen LogP contribution is -2.30. The Morgan fingerprint density at radius 3 is 0.909 bits per heavy atom. The Labute approximate surface area is 341 Å². The van der Waals surface area contributed by atoms with Crippen LogP contribution in [-0.4, -0.2) is 37.2 Å². The van der Waals surface area contributed by atoms with Crippen molar-refractivity contribution in [3.8, 4) is 0 Å². The summed E-state index contributed by atoms with van der Waals surface area (Å²) in [4.78, 5) is 37.8. The summed E-state index contributed by atoms with van der Waals surface area (Å²) >= 11 is 0. The molecule has 0 aromatic carbocycles. The van der Waals surface area contributed by atoms with Gasteiger partial charge in [0.25, 0.3) is 0 Å². The van der Waals surface area contributed by atoms with Gasteiger partial charge in [-0.2, -0.15) is 0 Å². The van der Waals surface area contributed by atoms with E-state index in [4.69, 9.17) is 14.2 Å². The van der Waals surface area contributed by atoms with Crippen LogP contribution in [0.5, 0.6) is 0 Å². The number of carbonyl (C=O) groups is 3. The predicted octanol–water partition coefficient (Wildman–Crippen LogP) is 15.4. The van der Waals surface area contributed by atoms with Crippen LogP contribution < -0.4 is 0 Å². The summed E-state index contributed by atoms with van der Waals surface area (Å²) in [6, 6.07) is 0. The molecule has 0 aromatic rings. The molecule has 0 heterocycles. The van der Waals surface area contributed by atoms with E-state index in [0.717, 1.165) is 64.2 Å². The van der Waals surface area contributed by atoms with Gasteiger partial charge in [0, 0.05) is 19.3 Å². The van der Waals surface area contributed by atoms with Crippen molar-refractivity contribution in [2.45, 2.75) is 271 Å². The van der Waals surface area contributed by atoms with Gasteiger partial charge in [-0.1, -0.05) is 213 Å². The summed E-state index contributed by atoms with van der Waals surface area (Å²) < 4.78 is 16.7. The molecule has 0 rings (SSSR count). The maximum atomic E-state index is 12.7. The zero-order valence-electron chi connectivity index (χ0n) is 37.0. The standard InChI is InChI=1S/C49H92O6/c1-4-7-10-13-16-19-22-24-25-28-30-33-36-39-42-48(51)54-45-46(44-53-47(50)41-38-35-32-29-26-21-18-15-12-9-6-3)55-49(52)43-40-37-34-31-27-23-20-17-14-11-8-5-2/h22,24,46H,4-21,23,25-45H2,1-3H3/b24-22-/t46-/m1/s1. The molecule has 0 amide bonds. The molecule has 1 atom stereocenters. The highest BCUT2D eigenvalue weighted by Crippen LogP contribution is 2.15. The van der Waals surface area contributed by atoms with E-state index >= 15 is 0 Å². The summed E-state index contributed by atoms with van der Waals surface area (Å²) in [6.45, 7) is 6.63. The number of unbranched alkanes of at least 4 members (excludes halogenated alkanes) is 31. The summed E-state index contributed by atoms with van der Waals surface area (Å²) in [5.41, 5.74) is 0. The molecule has 0 bridgehead atoms. The average Bonchev–Trinajstić information content (AvgIpc) is 3.18. The molecule has 55 heavy (non-hydrogen) atoms. The highest BCUT2D eigenvalue weighted by Gasteiger charge is 2.19. The number of ether oxygens (including phenoxy) is 3. The van der Waals surface area contributed by atoms with Crippen LogP contribution in [0, 0.1) is 0 Å². The Kier molecular flexibility index (Phi) is 43.4. The zero-order chi connectivity index (χ0) is 40.1. The number of rotatable bonds is 44. The number of hydrogen-bond acceptors (Lipinski definition) is 6. The quantitative estimate of drug-likeness (QED) is 0.0265. The molecule has 0 saturated carbocycles. The van der Waals surface area contributed by atoms with Gasteiger partial charge in [-0.3, -0.25) is 14.4 Å². The minimum atomic E-state index is -0.764. The van der Waals surface area contributed by atoms with Crippen LogP contribution in [0.4, 0.5) is 0 Å². The van der Waals surface area contributed by atoms with Crippen molar-refractivity contribution >= 4 is 17.9 Å². The Morgan fingerprint density at radius 2 is 0.600 bits per heavy atom. The molecule has 0 unspecified atom stereocenters. The molecule has 0 saturated heterocycles. The van der Waals surface area contributed by atoms with Crippen LogP contribution in [0.1, 0.15) is 265 Å². The summed E-state index contributed by atoms with van der Waals surface area (Å²) in [5.74, 6) is -0.866. The third-order valence-corrected chi connectivity index (χ3v) is 10.8. The van der Waals surface area contributed by atoms with E-state index in [1.165, 1.54) is 161 Å². The number of esters is 3. The molecule has 0 aromatic heterocycles. The predicted molar refractivity (Wildman–Crippen MR) is 233 cm³/mol. The monoisotopic (exact) mass is 777 g/mol. The van der Waals surface area contributed by atoms with Gasteiger partial charge in [-0.25, -0.2) is 0 Å². The molecule has 6 nitrogen and oxygen atoms in total. The Bertz CT molecular complexity index is 854. The second-order valence-corrected chi connectivity index (χ2v) is 16.4. The average molecular weight is 777 g/mol. The Balaban J connectivity index is 4.34. The van der Waals surface area contributed by atoms with Gasteiger partial charge in [0.15, 0.2) is 6.10 Å². The van der Waals surface area contributed by atoms with Crippen molar-refractivity contribution in [3.05, 3.63) is 12.2 Å². The van der Waals surface area contributed by atoms with Crippen LogP contribution in [0.15, 0.2) is 12.2 Å². The summed E-state index contributed by atoms with van der Waals surface area (Å²) in [5, 5.41) is 0. The third kappa shape index (κ3) is 43.1. The summed E-state index contributed by atoms with van der Waals surface area (Å²) in [6.07, 6.45) is 47.6. The van der Waals surface area contributed by atoms with Crippen molar-refractivity contribution in [1.82, 2.24) is 0 Å². The highest BCUT2D eigenvalue weighted by atomic mass is 16.6. The molecule has 0 aliphatic rings. The second kappa shape index (κ2) is 44.9. The van der Waals surface area contributed by atoms with Crippen LogP contribution in [0.25, 0.3) is 0 Å². The lowest BCUT2D eigenvalue weighted by Gasteiger charge is -2.18. The van der Waals surface area contributed by atoms with E-state index in [1.54, 1.807) is 0 Å². The van der Waals surface area contributed by atoms with Crippen LogP contribution in [-0.2, 0) is 28.6 Å². The van der Waals surface area contributed by atoms with E-state index in [0.29, 0.717) is 19.3 Å². The van der Waals surface area contributed by atoms with E-state index in [-0.39, 0.29) is 31.1 Å². The van der Waals surface area contributed by atoms with Crippen molar-refractivity contribution in [3.63, 3.8) is 0 Å². The van der Waals surface area contributed by atoms with Crippen molar-refractivity contribution in [1.29, 1.82) is 0 Å². The molecule has 0 aliphatic heterocycles.